The summed E-state index contributed by atoms with van der Waals surface area (Å²) in [5.74, 6) is -1.21. The van der Waals surface area contributed by atoms with E-state index in [-0.39, 0.29) is 17.7 Å². The summed E-state index contributed by atoms with van der Waals surface area (Å²) in [6.45, 7) is 1.77. The number of carbonyl (C=O) groups is 1. The third-order valence-corrected chi connectivity index (χ3v) is 1.50. The monoisotopic (exact) mass is 235 g/mol. The normalized spacial score (nSPS) is 11.4. The third-order valence-electron chi connectivity index (χ3n) is 0.969. The molecule has 0 aliphatic rings. The van der Waals surface area contributed by atoms with Crippen molar-refractivity contribution in [3.63, 3.8) is 0 Å². The number of aliphatic hydroxyl groups excluding tert-OH is 1. The third kappa shape index (κ3) is 2.88. The number of hydrogen-bond donors (Lipinski definition) is 1. The van der Waals surface area contributed by atoms with Gasteiger partial charge in [0, 0.05) is 0 Å². The van der Waals surface area contributed by atoms with Crippen LogP contribution in [0.1, 0.15) is 6.92 Å². The Labute approximate surface area is 77.8 Å². The van der Waals surface area contributed by atoms with Crippen LogP contribution < -0.4 is 0 Å². The van der Waals surface area contributed by atoms with Crippen molar-refractivity contribution < 1.29 is 14.6 Å². The van der Waals surface area contributed by atoms with E-state index in [1.165, 1.54) is 0 Å². The number of nitrogens with zero attached hydrogens (tertiary/aromatic N) is 2. The van der Waals surface area contributed by atoms with Gasteiger partial charge in [0.25, 0.3) is 0 Å². The molecule has 0 atom stereocenters. The van der Waals surface area contributed by atoms with Crippen LogP contribution in [0.4, 0.5) is 0 Å². The molecule has 0 unspecified atom stereocenters. The molecule has 12 heavy (non-hydrogen) atoms. The van der Waals surface area contributed by atoms with E-state index < -0.39 is 11.7 Å². The van der Waals surface area contributed by atoms with Crippen molar-refractivity contribution >= 4 is 21.9 Å². The first-order chi connectivity index (χ1) is 5.67. The summed E-state index contributed by atoms with van der Waals surface area (Å²) in [6, 6.07) is 0. The number of hydrogen-bond acceptors (Lipinski definition) is 4. The van der Waals surface area contributed by atoms with Crippen LogP contribution in [0, 0.1) is 5.39 Å². The summed E-state index contributed by atoms with van der Waals surface area (Å²) in [5.41, 5.74) is -0.478. The van der Waals surface area contributed by atoms with E-state index >= 15 is 0 Å². The van der Waals surface area contributed by atoms with Crippen LogP contribution in [0.25, 0.3) is 4.98 Å². The number of allylic oxidation sites excluding steroid dienone is 1. The number of diazo groups is 1. The lowest BCUT2D eigenvalue weighted by Crippen LogP contribution is -2.08. The van der Waals surface area contributed by atoms with Gasteiger partial charge in [-0.15, -0.1) is 0 Å². The maximum absolute atomic E-state index is 10.9. The zero-order chi connectivity index (χ0) is 9.56. The quantitative estimate of drug-likeness (QED) is 0.265. The molecule has 0 rings (SSSR count). The van der Waals surface area contributed by atoms with Crippen LogP contribution in [0.2, 0.25) is 0 Å². The maximum Gasteiger partial charge on any atom is 0.506 e. The second kappa shape index (κ2) is 5.55. The lowest BCUT2D eigenvalue weighted by Gasteiger charge is -1.92. The molecular formula is C6H8BrN2O3+. The van der Waals surface area contributed by atoms with Crippen molar-refractivity contribution in [3.05, 3.63) is 16.4 Å². The molecule has 0 aromatic heterocycles. The number of aliphatic hydroxyl groups is 1. The predicted octanol–water partition coefficient (Wildman–Crippen LogP) is 1.57. The Kier molecular flexibility index (Phi) is 5.04. The molecule has 66 valence electrons. The molecular weight excluding hydrogens is 228 g/mol. The molecule has 0 aliphatic carbocycles. The molecule has 5 nitrogen and oxygen atoms in total. The second-order valence-corrected chi connectivity index (χ2v) is 2.31. The van der Waals surface area contributed by atoms with Gasteiger partial charge in [-0.1, -0.05) is 15.9 Å². The predicted molar refractivity (Wildman–Crippen MR) is 45.2 cm³/mol. The number of halogens is 1. The van der Waals surface area contributed by atoms with Gasteiger partial charge in [0.05, 0.1) is 11.9 Å². The SMILES string of the molecule is CCOC(=O)/C([N+]#N)=C(\O)CBr. The van der Waals surface area contributed by atoms with E-state index in [0.717, 1.165) is 0 Å². The number of ether oxygens (including phenoxy) is 1. The number of esters is 1. The van der Waals surface area contributed by atoms with Crippen molar-refractivity contribution in [2.24, 2.45) is 0 Å². The zero-order valence-electron chi connectivity index (χ0n) is 6.45. The van der Waals surface area contributed by atoms with Gasteiger partial charge in [-0.3, -0.25) is 0 Å². The molecule has 0 aromatic rings. The van der Waals surface area contributed by atoms with E-state index in [1.807, 2.05) is 0 Å². The Morgan fingerprint density at radius 3 is 2.67 bits per heavy atom. The lowest BCUT2D eigenvalue weighted by atomic mass is 10.4. The highest BCUT2D eigenvalue weighted by atomic mass is 79.9. The molecule has 0 saturated heterocycles. The van der Waals surface area contributed by atoms with Crippen LogP contribution in [0.15, 0.2) is 11.5 Å². The van der Waals surface area contributed by atoms with Crippen LogP contribution in [0.5, 0.6) is 0 Å². The average Bonchev–Trinajstić information content (AvgIpc) is 2.06. The standard InChI is InChI=1S/C6H7BrN2O3/c1-2-12-6(11)5(9-8)4(10)3-7/h2-3H2,1H3/p+1. The summed E-state index contributed by atoms with van der Waals surface area (Å²) in [4.78, 5) is 13.5. The van der Waals surface area contributed by atoms with Crippen LogP contribution in [-0.4, -0.2) is 23.0 Å². The maximum atomic E-state index is 10.9. The minimum Gasteiger partial charge on any atom is -0.504 e. The first-order valence-corrected chi connectivity index (χ1v) is 4.29. The Hall–Kier alpha value is -1.09. The van der Waals surface area contributed by atoms with Crippen molar-refractivity contribution in [2.45, 2.75) is 6.92 Å². The first kappa shape index (κ1) is 10.9. The van der Waals surface area contributed by atoms with Gasteiger partial charge in [0.2, 0.25) is 11.2 Å². The van der Waals surface area contributed by atoms with Crippen molar-refractivity contribution in [3.8, 4) is 0 Å². The fraction of sp³-hybridized carbons (Fsp3) is 0.500. The largest absolute Gasteiger partial charge is 0.506 e. The smallest absolute Gasteiger partial charge is 0.504 e. The van der Waals surface area contributed by atoms with Gasteiger partial charge < -0.3 is 9.84 Å². The summed E-state index contributed by atoms with van der Waals surface area (Å²) in [7, 11) is 0. The molecule has 0 bridgehead atoms. The summed E-state index contributed by atoms with van der Waals surface area (Å²) in [5, 5.41) is 17.3. The molecule has 1 N–H and O–H groups in total. The van der Waals surface area contributed by atoms with E-state index in [1.54, 1.807) is 6.92 Å². The Balaban J connectivity index is 4.59. The summed E-state index contributed by atoms with van der Waals surface area (Å²) in [6.07, 6.45) is 0. The molecule has 0 spiro atoms. The highest BCUT2D eigenvalue weighted by Gasteiger charge is 2.29. The van der Waals surface area contributed by atoms with E-state index in [9.17, 15) is 4.79 Å². The van der Waals surface area contributed by atoms with Crippen LogP contribution >= 0.6 is 15.9 Å². The lowest BCUT2D eigenvalue weighted by molar-refractivity contribution is -0.138. The van der Waals surface area contributed by atoms with Crippen LogP contribution in [0.3, 0.4) is 0 Å². The molecule has 0 heterocycles. The Bertz CT molecular complexity index is 244. The molecule has 0 amide bonds. The summed E-state index contributed by atoms with van der Waals surface area (Å²) >= 11 is 2.89. The molecule has 0 saturated carbocycles. The van der Waals surface area contributed by atoms with E-state index in [0.29, 0.717) is 0 Å². The molecule has 0 aromatic carbocycles. The van der Waals surface area contributed by atoms with Crippen molar-refractivity contribution in [1.29, 1.82) is 5.39 Å². The summed E-state index contributed by atoms with van der Waals surface area (Å²) < 4.78 is 4.49. The highest BCUT2D eigenvalue weighted by molar-refractivity contribution is 9.09. The number of carbonyl (C=O) groups excluding carboxylic acids is 1. The van der Waals surface area contributed by atoms with Gasteiger partial charge in [-0.2, -0.15) is 0 Å². The number of alkyl halides is 1. The first-order valence-electron chi connectivity index (χ1n) is 3.17. The molecule has 0 radical (unpaired) electrons. The molecule has 0 aliphatic heterocycles. The van der Waals surface area contributed by atoms with Gasteiger partial charge in [0.15, 0.2) is 4.98 Å². The van der Waals surface area contributed by atoms with E-state index in [2.05, 4.69) is 25.6 Å². The topological polar surface area (TPSA) is 74.7 Å². The molecule has 6 heteroatoms. The zero-order valence-corrected chi connectivity index (χ0v) is 8.04. The highest BCUT2D eigenvalue weighted by Crippen LogP contribution is 2.08. The van der Waals surface area contributed by atoms with Gasteiger partial charge in [-0.05, 0) is 6.92 Å². The van der Waals surface area contributed by atoms with Crippen molar-refractivity contribution in [1.82, 2.24) is 0 Å². The van der Waals surface area contributed by atoms with Crippen LogP contribution in [-0.2, 0) is 9.53 Å². The Morgan fingerprint density at radius 1 is 1.75 bits per heavy atom. The minimum absolute atomic E-state index is 0.0329. The minimum atomic E-state index is -0.850. The molecule has 0 fully saturated rings. The van der Waals surface area contributed by atoms with Crippen molar-refractivity contribution in [2.75, 3.05) is 11.9 Å². The van der Waals surface area contributed by atoms with E-state index in [4.69, 9.17) is 10.5 Å². The fourth-order valence-corrected chi connectivity index (χ4v) is 0.745. The Morgan fingerprint density at radius 2 is 2.33 bits per heavy atom. The van der Waals surface area contributed by atoms with Gasteiger partial charge in [-0.25, -0.2) is 4.79 Å². The van der Waals surface area contributed by atoms with Gasteiger partial charge in [0.1, 0.15) is 0 Å². The second-order valence-electron chi connectivity index (χ2n) is 1.75. The van der Waals surface area contributed by atoms with Gasteiger partial charge >= 0.3 is 11.7 Å². The number of rotatable bonds is 3. The fourth-order valence-electron chi connectivity index (χ4n) is 0.479. The average molecular weight is 236 g/mol.